The van der Waals surface area contributed by atoms with Crippen molar-refractivity contribution in [3.63, 3.8) is 0 Å². The molecule has 0 saturated carbocycles. The van der Waals surface area contributed by atoms with Crippen LogP contribution in [0.5, 0.6) is 5.75 Å². The van der Waals surface area contributed by atoms with Gasteiger partial charge >= 0.3 is 5.97 Å². The Morgan fingerprint density at radius 3 is 2.45 bits per heavy atom. The van der Waals surface area contributed by atoms with E-state index >= 15 is 0 Å². The summed E-state index contributed by atoms with van der Waals surface area (Å²) in [6.07, 6.45) is 0.0855. The Labute approximate surface area is 169 Å². The van der Waals surface area contributed by atoms with E-state index in [1.165, 1.54) is 0 Å². The Kier molecular flexibility index (Phi) is 6.49. The SMILES string of the molecule is CCOC(=O)C(NC(=O)C1CC(=O)N(c2ccc(OC)cc2)C1)c1ccccc1. The molecule has 3 rings (SSSR count). The van der Waals surface area contributed by atoms with Crippen molar-refractivity contribution in [2.24, 2.45) is 5.92 Å². The lowest BCUT2D eigenvalue weighted by molar-refractivity contribution is -0.148. The molecule has 0 radical (unpaired) electrons. The zero-order chi connectivity index (χ0) is 20.8. The molecule has 1 aliphatic rings. The second-order valence-electron chi connectivity index (χ2n) is 6.71. The second-order valence-corrected chi connectivity index (χ2v) is 6.71. The van der Waals surface area contributed by atoms with Gasteiger partial charge in [-0.05, 0) is 36.8 Å². The lowest BCUT2D eigenvalue weighted by atomic mass is 10.0. The average molecular weight is 396 g/mol. The molecule has 7 heteroatoms. The van der Waals surface area contributed by atoms with Crippen molar-refractivity contribution in [2.45, 2.75) is 19.4 Å². The molecule has 1 aliphatic heterocycles. The third kappa shape index (κ3) is 4.74. The molecule has 0 aliphatic carbocycles. The Bertz CT molecular complexity index is 867. The fourth-order valence-corrected chi connectivity index (χ4v) is 3.30. The smallest absolute Gasteiger partial charge is 0.333 e. The van der Waals surface area contributed by atoms with Gasteiger partial charge < -0.3 is 19.7 Å². The number of benzene rings is 2. The zero-order valence-corrected chi connectivity index (χ0v) is 16.5. The van der Waals surface area contributed by atoms with Crippen LogP contribution < -0.4 is 15.0 Å². The van der Waals surface area contributed by atoms with E-state index in [4.69, 9.17) is 9.47 Å². The quantitative estimate of drug-likeness (QED) is 0.727. The van der Waals surface area contributed by atoms with Crippen molar-refractivity contribution in [3.05, 3.63) is 60.2 Å². The monoisotopic (exact) mass is 396 g/mol. The summed E-state index contributed by atoms with van der Waals surface area (Å²) in [5.74, 6) is -0.873. The number of rotatable bonds is 7. The fraction of sp³-hybridized carbons (Fsp3) is 0.318. The molecule has 7 nitrogen and oxygen atoms in total. The van der Waals surface area contributed by atoms with Crippen molar-refractivity contribution < 1.29 is 23.9 Å². The molecule has 1 N–H and O–H groups in total. The minimum atomic E-state index is -0.909. The van der Waals surface area contributed by atoms with Crippen LogP contribution in [0, 0.1) is 5.92 Å². The molecular formula is C22H24N2O5. The van der Waals surface area contributed by atoms with Crippen LogP contribution >= 0.6 is 0 Å². The Hall–Kier alpha value is -3.35. The molecule has 152 valence electrons. The van der Waals surface area contributed by atoms with Crippen LogP contribution in [0.1, 0.15) is 24.9 Å². The number of carbonyl (C=O) groups is 3. The summed E-state index contributed by atoms with van der Waals surface area (Å²) in [4.78, 5) is 39.3. The molecule has 1 heterocycles. The van der Waals surface area contributed by atoms with E-state index in [-0.39, 0.29) is 31.4 Å². The predicted molar refractivity (Wildman–Crippen MR) is 107 cm³/mol. The molecule has 0 aromatic heterocycles. The van der Waals surface area contributed by atoms with Crippen LogP contribution in [0.4, 0.5) is 5.69 Å². The van der Waals surface area contributed by atoms with E-state index in [1.807, 2.05) is 6.07 Å². The Morgan fingerprint density at radius 1 is 1.14 bits per heavy atom. The molecule has 1 saturated heterocycles. The Balaban J connectivity index is 1.71. The highest BCUT2D eigenvalue weighted by molar-refractivity contribution is 6.01. The molecule has 29 heavy (non-hydrogen) atoms. The number of hydrogen-bond donors (Lipinski definition) is 1. The van der Waals surface area contributed by atoms with Crippen molar-refractivity contribution in [1.29, 1.82) is 0 Å². The third-order valence-electron chi connectivity index (χ3n) is 4.82. The number of amides is 2. The lowest BCUT2D eigenvalue weighted by Crippen LogP contribution is -2.39. The average Bonchev–Trinajstić information content (AvgIpc) is 3.14. The van der Waals surface area contributed by atoms with Gasteiger partial charge in [0.25, 0.3) is 0 Å². The molecule has 2 amide bonds. The van der Waals surface area contributed by atoms with Gasteiger partial charge in [0.1, 0.15) is 5.75 Å². The summed E-state index contributed by atoms with van der Waals surface area (Å²) in [6, 6.07) is 15.1. The van der Waals surface area contributed by atoms with Gasteiger partial charge in [0.2, 0.25) is 11.8 Å². The summed E-state index contributed by atoms with van der Waals surface area (Å²) in [5, 5.41) is 2.76. The van der Waals surface area contributed by atoms with E-state index in [2.05, 4.69) is 5.32 Å². The number of hydrogen-bond acceptors (Lipinski definition) is 5. The summed E-state index contributed by atoms with van der Waals surface area (Å²) in [5.41, 5.74) is 1.34. The molecular weight excluding hydrogens is 372 g/mol. The number of carbonyl (C=O) groups excluding carboxylic acids is 3. The first-order valence-corrected chi connectivity index (χ1v) is 9.49. The van der Waals surface area contributed by atoms with Gasteiger partial charge in [-0.2, -0.15) is 0 Å². The number of nitrogens with zero attached hydrogens (tertiary/aromatic N) is 1. The van der Waals surface area contributed by atoms with Crippen molar-refractivity contribution in [3.8, 4) is 5.75 Å². The maximum Gasteiger partial charge on any atom is 0.333 e. The molecule has 2 aromatic rings. The van der Waals surface area contributed by atoms with E-state index < -0.39 is 17.9 Å². The maximum absolute atomic E-state index is 12.8. The number of ether oxygens (including phenoxy) is 2. The van der Waals surface area contributed by atoms with Gasteiger partial charge in [0, 0.05) is 18.7 Å². The molecule has 2 atom stereocenters. The van der Waals surface area contributed by atoms with Gasteiger partial charge in [-0.25, -0.2) is 4.79 Å². The van der Waals surface area contributed by atoms with Gasteiger partial charge in [0.15, 0.2) is 6.04 Å². The standard InChI is InChI=1S/C22H24N2O5/c1-3-29-22(27)20(15-7-5-4-6-8-15)23-21(26)16-13-19(25)24(14-16)17-9-11-18(28-2)12-10-17/h4-12,16,20H,3,13-14H2,1-2H3,(H,23,26). The highest BCUT2D eigenvalue weighted by atomic mass is 16.5. The van der Waals surface area contributed by atoms with Crippen LogP contribution in [-0.4, -0.2) is 38.0 Å². The summed E-state index contributed by atoms with van der Waals surface area (Å²) >= 11 is 0. The van der Waals surface area contributed by atoms with Gasteiger partial charge in [-0.15, -0.1) is 0 Å². The summed E-state index contributed by atoms with van der Waals surface area (Å²) < 4.78 is 10.2. The predicted octanol–water partition coefficient (Wildman–Crippen LogP) is 2.47. The van der Waals surface area contributed by atoms with E-state index in [1.54, 1.807) is 67.5 Å². The normalized spacial score (nSPS) is 17.0. The van der Waals surface area contributed by atoms with Gasteiger partial charge in [-0.3, -0.25) is 9.59 Å². The Morgan fingerprint density at radius 2 is 1.83 bits per heavy atom. The van der Waals surface area contributed by atoms with Gasteiger partial charge in [0.05, 0.1) is 19.6 Å². The first kappa shape index (κ1) is 20.4. The molecule has 0 spiro atoms. The van der Waals surface area contributed by atoms with Crippen LogP contribution in [0.2, 0.25) is 0 Å². The second kappa shape index (κ2) is 9.23. The minimum Gasteiger partial charge on any atom is -0.497 e. The molecule has 1 fully saturated rings. The minimum absolute atomic E-state index is 0.0855. The summed E-state index contributed by atoms with van der Waals surface area (Å²) in [7, 11) is 1.57. The van der Waals surface area contributed by atoms with Crippen LogP contribution in [0.3, 0.4) is 0 Å². The third-order valence-corrected chi connectivity index (χ3v) is 4.82. The largest absolute Gasteiger partial charge is 0.497 e. The summed E-state index contributed by atoms with van der Waals surface area (Å²) in [6.45, 7) is 2.18. The van der Waals surface area contributed by atoms with Crippen LogP contribution in [0.25, 0.3) is 0 Å². The number of anilines is 1. The lowest BCUT2D eigenvalue weighted by Gasteiger charge is -2.20. The number of esters is 1. The van der Waals surface area contributed by atoms with Crippen LogP contribution in [-0.2, 0) is 19.1 Å². The highest BCUT2D eigenvalue weighted by Crippen LogP contribution is 2.27. The molecule has 2 aromatic carbocycles. The van der Waals surface area contributed by atoms with E-state index in [0.29, 0.717) is 17.0 Å². The fourth-order valence-electron chi connectivity index (χ4n) is 3.30. The van der Waals surface area contributed by atoms with Crippen molar-refractivity contribution in [2.75, 3.05) is 25.2 Å². The molecule has 2 unspecified atom stereocenters. The molecule has 0 bridgehead atoms. The van der Waals surface area contributed by atoms with Crippen molar-refractivity contribution in [1.82, 2.24) is 5.32 Å². The van der Waals surface area contributed by atoms with Crippen molar-refractivity contribution >= 4 is 23.5 Å². The number of nitrogens with one attached hydrogen (secondary N) is 1. The van der Waals surface area contributed by atoms with E-state index in [9.17, 15) is 14.4 Å². The van der Waals surface area contributed by atoms with Crippen LogP contribution in [0.15, 0.2) is 54.6 Å². The first-order chi connectivity index (χ1) is 14.0. The highest BCUT2D eigenvalue weighted by Gasteiger charge is 2.37. The maximum atomic E-state index is 12.8. The topological polar surface area (TPSA) is 84.9 Å². The first-order valence-electron chi connectivity index (χ1n) is 9.49. The van der Waals surface area contributed by atoms with E-state index in [0.717, 1.165) is 0 Å². The van der Waals surface area contributed by atoms with Gasteiger partial charge in [-0.1, -0.05) is 30.3 Å². The zero-order valence-electron chi connectivity index (χ0n) is 16.5. The number of methoxy groups -OCH3 is 1.